The number of rotatable bonds is 1. The molecule has 9 heavy (non-hydrogen) atoms. The zero-order valence-electron chi connectivity index (χ0n) is 4.37. The summed E-state index contributed by atoms with van der Waals surface area (Å²) in [7, 11) is 0. The number of nitrogen functional groups attached to an aromatic ring is 1. The van der Waals surface area contributed by atoms with Crippen LogP contribution in [0.2, 0.25) is 0 Å². The minimum atomic E-state index is -0.324. The number of hydrogen-bond acceptors (Lipinski definition) is 4. The predicted molar refractivity (Wildman–Crippen MR) is 39.8 cm³/mol. The van der Waals surface area contributed by atoms with Crippen LogP contribution in [0.15, 0.2) is 5.51 Å². The SMILES string of the molecule is Nc1ncsc1C(=O)S. The molecule has 0 radical (unpaired) electrons. The maximum Gasteiger partial charge on any atom is 0.230 e. The normalized spacial score (nSPS) is 9.44. The quantitative estimate of drug-likeness (QED) is 0.597. The van der Waals surface area contributed by atoms with E-state index in [9.17, 15) is 4.79 Å². The third-order valence-electron chi connectivity index (χ3n) is 0.789. The van der Waals surface area contributed by atoms with Gasteiger partial charge in [0.15, 0.2) is 0 Å². The Labute approximate surface area is 61.3 Å². The fraction of sp³-hybridized carbons (Fsp3) is 0. The molecule has 0 aliphatic carbocycles. The minimum absolute atomic E-state index is 0.264. The van der Waals surface area contributed by atoms with Crippen molar-refractivity contribution >= 4 is 34.9 Å². The van der Waals surface area contributed by atoms with Crippen LogP contribution in [-0.4, -0.2) is 10.1 Å². The van der Waals surface area contributed by atoms with E-state index in [4.69, 9.17) is 5.73 Å². The molecule has 1 aromatic heterocycles. The van der Waals surface area contributed by atoms with E-state index in [1.165, 1.54) is 16.8 Å². The third kappa shape index (κ3) is 1.22. The summed E-state index contributed by atoms with van der Waals surface area (Å²) in [5, 5.41) is -0.324. The Kier molecular flexibility index (Phi) is 1.73. The van der Waals surface area contributed by atoms with Gasteiger partial charge in [0.25, 0.3) is 0 Å². The van der Waals surface area contributed by atoms with Gasteiger partial charge in [0.05, 0.1) is 5.51 Å². The van der Waals surface area contributed by atoms with Gasteiger partial charge >= 0.3 is 0 Å². The number of hydrogen-bond donors (Lipinski definition) is 2. The lowest BCUT2D eigenvalue weighted by atomic mass is 10.5. The monoisotopic (exact) mass is 160 g/mol. The highest BCUT2D eigenvalue weighted by Gasteiger charge is 2.06. The van der Waals surface area contributed by atoms with Crippen LogP contribution in [0.1, 0.15) is 9.67 Å². The van der Waals surface area contributed by atoms with Crippen molar-refractivity contribution in [2.45, 2.75) is 0 Å². The van der Waals surface area contributed by atoms with Gasteiger partial charge in [-0.2, -0.15) is 0 Å². The highest BCUT2D eigenvalue weighted by molar-refractivity contribution is 7.97. The Morgan fingerprint density at radius 1 is 1.89 bits per heavy atom. The van der Waals surface area contributed by atoms with Crippen molar-refractivity contribution in [1.82, 2.24) is 4.98 Å². The summed E-state index contributed by atoms with van der Waals surface area (Å²) in [5.41, 5.74) is 6.78. The van der Waals surface area contributed by atoms with Crippen LogP contribution >= 0.6 is 24.0 Å². The van der Waals surface area contributed by atoms with E-state index in [0.29, 0.717) is 4.88 Å². The lowest BCUT2D eigenvalue weighted by molar-refractivity contribution is 0.109. The first-order valence-corrected chi connectivity index (χ1v) is 3.46. The fourth-order valence-corrected chi connectivity index (χ4v) is 1.23. The molecule has 48 valence electrons. The maximum absolute atomic E-state index is 10.5. The molecule has 1 heterocycles. The molecule has 0 bridgehead atoms. The molecule has 0 aliphatic heterocycles. The number of carbonyl (C=O) groups is 1. The van der Waals surface area contributed by atoms with E-state index in [1.54, 1.807) is 0 Å². The molecular weight excluding hydrogens is 156 g/mol. The number of nitrogens with two attached hydrogens (primary N) is 1. The minimum Gasteiger partial charge on any atom is -0.382 e. The van der Waals surface area contributed by atoms with Crippen LogP contribution in [-0.2, 0) is 0 Å². The van der Waals surface area contributed by atoms with Crippen molar-refractivity contribution in [2.24, 2.45) is 0 Å². The number of anilines is 1. The van der Waals surface area contributed by atoms with Crippen LogP contribution < -0.4 is 5.73 Å². The molecule has 0 unspecified atom stereocenters. The average Bonchev–Trinajstić information content (AvgIpc) is 2.13. The van der Waals surface area contributed by atoms with Gasteiger partial charge in [-0.15, -0.1) is 11.3 Å². The lowest BCUT2D eigenvalue weighted by Gasteiger charge is -1.85. The van der Waals surface area contributed by atoms with E-state index >= 15 is 0 Å². The van der Waals surface area contributed by atoms with Crippen LogP contribution in [0.4, 0.5) is 5.82 Å². The number of thiol groups is 1. The molecule has 1 rings (SSSR count). The van der Waals surface area contributed by atoms with Crippen molar-refractivity contribution in [3.05, 3.63) is 10.4 Å². The summed E-state index contributed by atoms with van der Waals surface area (Å²) in [4.78, 5) is 14.6. The molecule has 0 saturated carbocycles. The van der Waals surface area contributed by atoms with Crippen molar-refractivity contribution in [2.75, 3.05) is 5.73 Å². The van der Waals surface area contributed by atoms with Crippen molar-refractivity contribution in [3.63, 3.8) is 0 Å². The molecule has 0 aromatic carbocycles. The zero-order chi connectivity index (χ0) is 6.85. The van der Waals surface area contributed by atoms with Crippen molar-refractivity contribution in [1.29, 1.82) is 0 Å². The highest BCUT2D eigenvalue weighted by Crippen LogP contribution is 2.16. The Hall–Kier alpha value is -0.550. The summed E-state index contributed by atoms with van der Waals surface area (Å²) in [5.74, 6) is 0.264. The molecule has 0 atom stereocenters. The molecule has 2 N–H and O–H groups in total. The second kappa shape index (κ2) is 2.36. The molecule has 0 saturated heterocycles. The smallest absolute Gasteiger partial charge is 0.230 e. The summed E-state index contributed by atoms with van der Waals surface area (Å²) in [6.45, 7) is 0. The Bertz CT molecular complexity index is 232. The number of carbonyl (C=O) groups excluding carboxylic acids is 1. The summed E-state index contributed by atoms with van der Waals surface area (Å²) < 4.78 is 0. The number of thiazole rings is 1. The average molecular weight is 160 g/mol. The van der Waals surface area contributed by atoms with Crippen LogP contribution in [0.25, 0.3) is 0 Å². The highest BCUT2D eigenvalue weighted by atomic mass is 32.1. The second-order valence-electron chi connectivity index (χ2n) is 1.37. The van der Waals surface area contributed by atoms with Crippen LogP contribution in [0, 0.1) is 0 Å². The van der Waals surface area contributed by atoms with Gasteiger partial charge < -0.3 is 5.73 Å². The molecule has 0 aliphatic rings. The van der Waals surface area contributed by atoms with Gasteiger partial charge in [-0.25, -0.2) is 4.98 Å². The number of aromatic nitrogens is 1. The Balaban J connectivity index is 3.08. The van der Waals surface area contributed by atoms with Gasteiger partial charge in [-0.1, -0.05) is 12.6 Å². The van der Waals surface area contributed by atoms with Crippen LogP contribution in [0.3, 0.4) is 0 Å². The van der Waals surface area contributed by atoms with E-state index in [1.807, 2.05) is 0 Å². The molecule has 3 nitrogen and oxygen atoms in total. The lowest BCUT2D eigenvalue weighted by Crippen LogP contribution is -1.92. The molecule has 1 aromatic rings. The first kappa shape index (κ1) is 6.57. The van der Waals surface area contributed by atoms with Crippen molar-refractivity contribution < 1.29 is 4.79 Å². The molecule has 0 fully saturated rings. The van der Waals surface area contributed by atoms with Gasteiger partial charge in [0.1, 0.15) is 10.7 Å². The standard InChI is InChI=1S/C4H4N2OS2/c5-3-2(4(7)8)9-1-6-3/h1H,5H2,(H,7,8). The fourth-order valence-electron chi connectivity index (χ4n) is 0.415. The first-order valence-electron chi connectivity index (χ1n) is 2.14. The van der Waals surface area contributed by atoms with Crippen LogP contribution in [0.5, 0.6) is 0 Å². The number of nitrogens with zero attached hydrogens (tertiary/aromatic N) is 1. The topological polar surface area (TPSA) is 56.0 Å². The summed E-state index contributed by atoms with van der Waals surface area (Å²) in [6.07, 6.45) is 0. The molecule has 5 heteroatoms. The zero-order valence-corrected chi connectivity index (χ0v) is 6.08. The Morgan fingerprint density at radius 3 is 2.78 bits per heavy atom. The van der Waals surface area contributed by atoms with E-state index in [2.05, 4.69) is 17.6 Å². The first-order chi connectivity index (χ1) is 4.22. The van der Waals surface area contributed by atoms with Crippen molar-refractivity contribution in [3.8, 4) is 0 Å². The van der Waals surface area contributed by atoms with E-state index in [-0.39, 0.29) is 10.9 Å². The van der Waals surface area contributed by atoms with Gasteiger partial charge in [0.2, 0.25) is 5.12 Å². The van der Waals surface area contributed by atoms with E-state index in [0.717, 1.165) is 0 Å². The van der Waals surface area contributed by atoms with Gasteiger partial charge in [0, 0.05) is 0 Å². The Morgan fingerprint density at radius 2 is 2.56 bits per heavy atom. The molecule has 0 spiro atoms. The largest absolute Gasteiger partial charge is 0.382 e. The summed E-state index contributed by atoms with van der Waals surface area (Å²) >= 11 is 4.77. The molecule has 0 amide bonds. The van der Waals surface area contributed by atoms with Gasteiger partial charge in [-0.05, 0) is 0 Å². The second-order valence-corrected chi connectivity index (χ2v) is 2.63. The van der Waals surface area contributed by atoms with E-state index < -0.39 is 0 Å². The third-order valence-corrected chi connectivity index (χ3v) is 2.01. The predicted octanol–water partition coefficient (Wildman–Crippen LogP) is 0.795. The maximum atomic E-state index is 10.5. The van der Waals surface area contributed by atoms with Gasteiger partial charge in [-0.3, -0.25) is 4.79 Å². The molecular formula is C4H4N2OS2. The summed E-state index contributed by atoms with van der Waals surface area (Å²) in [6, 6.07) is 0.